The van der Waals surface area contributed by atoms with E-state index in [1.54, 1.807) is 28.1 Å². The van der Waals surface area contributed by atoms with Crippen molar-refractivity contribution in [2.24, 2.45) is 5.92 Å². The van der Waals surface area contributed by atoms with Crippen molar-refractivity contribution in [3.05, 3.63) is 24.1 Å². The number of hydrogen-bond acceptors (Lipinski definition) is 6. The number of amides is 4. The molecule has 2 aromatic heterocycles. The number of fused-ring (bicyclic) bond motifs is 1. The maximum Gasteiger partial charge on any atom is 0.327 e. The summed E-state index contributed by atoms with van der Waals surface area (Å²) >= 11 is 0. The van der Waals surface area contributed by atoms with Crippen LogP contribution >= 0.6 is 0 Å². The van der Waals surface area contributed by atoms with Crippen LogP contribution in [0, 0.1) is 5.92 Å². The number of carbonyl (C=O) groups excluding carboxylic acids is 3. The summed E-state index contributed by atoms with van der Waals surface area (Å²) in [5, 5.41) is 4.41. The molecule has 148 valence electrons. The summed E-state index contributed by atoms with van der Waals surface area (Å²) in [6.07, 6.45) is 2.40. The summed E-state index contributed by atoms with van der Waals surface area (Å²) in [5.41, 5.74) is -0.474. The van der Waals surface area contributed by atoms with Gasteiger partial charge in [-0.25, -0.2) is 9.78 Å². The Morgan fingerprint density at radius 3 is 2.68 bits per heavy atom. The van der Waals surface area contributed by atoms with E-state index >= 15 is 0 Å². The Hall–Kier alpha value is -2.97. The number of likely N-dealkylation sites (tertiary alicyclic amines) is 1. The van der Waals surface area contributed by atoms with Crippen LogP contribution in [0.1, 0.15) is 37.2 Å². The number of pyridine rings is 1. The van der Waals surface area contributed by atoms with E-state index in [2.05, 4.69) is 10.1 Å². The normalized spacial score (nSPS) is 19.5. The van der Waals surface area contributed by atoms with Crippen LogP contribution in [0.3, 0.4) is 0 Å². The van der Waals surface area contributed by atoms with Crippen molar-refractivity contribution >= 4 is 28.9 Å². The molecular formula is C19H23N5O4. The standard InChI is InChI=1S/C19H23N5O4/c1-12(2)11-24-18(27)22(3)17(26)19(24)6-9-23(10-7-19)16(25)14-13-5-4-8-20-15(13)21-28-14/h4-5,8,12H,6-7,9-11H2,1-3H3. The maximum atomic E-state index is 12.9. The molecule has 0 saturated carbocycles. The summed E-state index contributed by atoms with van der Waals surface area (Å²) in [6, 6.07) is 3.21. The van der Waals surface area contributed by atoms with Crippen molar-refractivity contribution in [1.82, 2.24) is 24.8 Å². The fourth-order valence-electron chi connectivity index (χ4n) is 4.14. The summed E-state index contributed by atoms with van der Waals surface area (Å²) < 4.78 is 5.23. The van der Waals surface area contributed by atoms with Gasteiger partial charge in [0.1, 0.15) is 5.54 Å². The number of imide groups is 1. The molecule has 1 spiro atoms. The molecule has 0 radical (unpaired) electrons. The van der Waals surface area contributed by atoms with Gasteiger partial charge in [0.2, 0.25) is 11.4 Å². The Balaban J connectivity index is 1.55. The minimum Gasteiger partial charge on any atom is -0.348 e. The number of hydrogen-bond donors (Lipinski definition) is 0. The molecule has 2 fully saturated rings. The average molecular weight is 385 g/mol. The van der Waals surface area contributed by atoms with Crippen molar-refractivity contribution in [2.45, 2.75) is 32.2 Å². The van der Waals surface area contributed by atoms with Gasteiger partial charge in [-0.15, -0.1) is 0 Å². The second kappa shape index (κ2) is 6.57. The van der Waals surface area contributed by atoms with Crippen LogP contribution in [0.25, 0.3) is 11.0 Å². The summed E-state index contributed by atoms with van der Waals surface area (Å²) in [4.78, 5) is 47.0. The lowest BCUT2D eigenvalue weighted by molar-refractivity contribution is -0.134. The Labute approximate surface area is 162 Å². The fraction of sp³-hybridized carbons (Fsp3) is 0.526. The van der Waals surface area contributed by atoms with Gasteiger partial charge in [0.15, 0.2) is 0 Å². The van der Waals surface area contributed by atoms with Gasteiger partial charge in [-0.2, -0.15) is 0 Å². The fourth-order valence-corrected chi connectivity index (χ4v) is 4.14. The number of aromatic nitrogens is 2. The zero-order valence-electron chi connectivity index (χ0n) is 16.2. The number of urea groups is 1. The first-order valence-corrected chi connectivity index (χ1v) is 9.44. The number of nitrogens with zero attached hydrogens (tertiary/aromatic N) is 5. The van der Waals surface area contributed by atoms with Gasteiger partial charge in [-0.1, -0.05) is 19.0 Å². The summed E-state index contributed by atoms with van der Waals surface area (Å²) in [5.74, 6) is -0.0534. The van der Waals surface area contributed by atoms with E-state index in [0.29, 0.717) is 43.5 Å². The molecule has 9 nitrogen and oxygen atoms in total. The third-order valence-corrected chi connectivity index (χ3v) is 5.61. The average Bonchev–Trinajstić information content (AvgIpc) is 3.19. The van der Waals surface area contributed by atoms with Gasteiger partial charge < -0.3 is 14.3 Å². The van der Waals surface area contributed by atoms with Crippen LogP contribution in [0.15, 0.2) is 22.9 Å². The van der Waals surface area contributed by atoms with Crippen LogP contribution < -0.4 is 0 Å². The first kappa shape index (κ1) is 18.4. The number of likely N-dealkylation sites (N-methyl/N-ethyl adjacent to an activating group) is 1. The van der Waals surface area contributed by atoms with Gasteiger partial charge in [0.25, 0.3) is 11.8 Å². The quantitative estimate of drug-likeness (QED) is 0.746. The van der Waals surface area contributed by atoms with E-state index in [1.165, 1.54) is 11.9 Å². The molecule has 28 heavy (non-hydrogen) atoms. The molecule has 0 aliphatic carbocycles. The molecule has 4 amide bonds. The first-order chi connectivity index (χ1) is 13.3. The Morgan fingerprint density at radius 2 is 2.00 bits per heavy atom. The lowest BCUT2D eigenvalue weighted by Crippen LogP contribution is -2.58. The smallest absolute Gasteiger partial charge is 0.327 e. The number of carbonyl (C=O) groups is 3. The third-order valence-electron chi connectivity index (χ3n) is 5.61. The molecule has 2 aromatic rings. The van der Waals surface area contributed by atoms with Crippen LogP contribution in [0.5, 0.6) is 0 Å². The SMILES string of the molecule is CC(C)CN1C(=O)N(C)C(=O)C12CCN(C(=O)c1onc3ncccc13)CC2. The number of piperidine rings is 1. The Bertz CT molecular complexity index is 945. The van der Waals surface area contributed by atoms with Crippen molar-refractivity contribution in [3.8, 4) is 0 Å². The van der Waals surface area contributed by atoms with E-state index in [-0.39, 0.29) is 29.5 Å². The lowest BCUT2D eigenvalue weighted by atomic mass is 9.85. The van der Waals surface area contributed by atoms with Crippen molar-refractivity contribution in [1.29, 1.82) is 0 Å². The second-order valence-electron chi connectivity index (χ2n) is 7.86. The molecular weight excluding hydrogens is 362 g/mol. The van der Waals surface area contributed by atoms with E-state index in [1.807, 2.05) is 13.8 Å². The Kier molecular flexibility index (Phi) is 4.32. The minimum atomic E-state index is -0.863. The van der Waals surface area contributed by atoms with E-state index in [9.17, 15) is 14.4 Å². The largest absolute Gasteiger partial charge is 0.348 e. The highest BCUT2D eigenvalue weighted by molar-refractivity contribution is 6.07. The molecule has 4 rings (SSSR count). The summed E-state index contributed by atoms with van der Waals surface area (Å²) in [7, 11) is 1.53. The Morgan fingerprint density at radius 1 is 1.29 bits per heavy atom. The molecule has 0 bridgehead atoms. The predicted octanol–water partition coefficient (Wildman–Crippen LogP) is 1.75. The summed E-state index contributed by atoms with van der Waals surface area (Å²) in [6.45, 7) is 5.28. The molecule has 2 saturated heterocycles. The van der Waals surface area contributed by atoms with Crippen LogP contribution in [0.4, 0.5) is 4.79 Å². The molecule has 2 aliphatic rings. The molecule has 9 heteroatoms. The number of rotatable bonds is 3. The predicted molar refractivity (Wildman–Crippen MR) is 99.4 cm³/mol. The maximum absolute atomic E-state index is 12.9. The molecule has 4 heterocycles. The monoisotopic (exact) mass is 385 g/mol. The van der Waals surface area contributed by atoms with Crippen LogP contribution in [0.2, 0.25) is 0 Å². The molecule has 0 unspecified atom stereocenters. The van der Waals surface area contributed by atoms with Crippen molar-refractivity contribution in [3.63, 3.8) is 0 Å². The highest BCUT2D eigenvalue weighted by Gasteiger charge is 2.57. The molecule has 0 atom stereocenters. The van der Waals surface area contributed by atoms with Crippen LogP contribution in [-0.4, -0.2) is 74.9 Å². The van der Waals surface area contributed by atoms with Gasteiger partial charge in [0, 0.05) is 32.9 Å². The first-order valence-electron chi connectivity index (χ1n) is 9.44. The van der Waals surface area contributed by atoms with Gasteiger partial charge >= 0.3 is 6.03 Å². The van der Waals surface area contributed by atoms with E-state index < -0.39 is 5.54 Å². The van der Waals surface area contributed by atoms with Gasteiger partial charge in [0.05, 0.1) is 5.39 Å². The lowest BCUT2D eigenvalue weighted by Gasteiger charge is -2.42. The van der Waals surface area contributed by atoms with Crippen molar-refractivity contribution < 1.29 is 18.9 Å². The molecule has 0 aromatic carbocycles. The van der Waals surface area contributed by atoms with Gasteiger partial charge in [-0.3, -0.25) is 14.5 Å². The van der Waals surface area contributed by atoms with E-state index in [0.717, 1.165) is 0 Å². The highest BCUT2D eigenvalue weighted by Crippen LogP contribution is 2.37. The topological polar surface area (TPSA) is 99.9 Å². The van der Waals surface area contributed by atoms with Crippen LogP contribution in [-0.2, 0) is 4.79 Å². The van der Waals surface area contributed by atoms with Gasteiger partial charge in [-0.05, 0) is 30.9 Å². The molecule has 2 aliphatic heterocycles. The van der Waals surface area contributed by atoms with E-state index in [4.69, 9.17) is 4.52 Å². The van der Waals surface area contributed by atoms with Crippen molar-refractivity contribution in [2.75, 3.05) is 26.7 Å². The zero-order chi connectivity index (χ0) is 20.1. The second-order valence-corrected chi connectivity index (χ2v) is 7.86. The highest BCUT2D eigenvalue weighted by atomic mass is 16.5. The third kappa shape index (κ3) is 2.64. The molecule has 0 N–H and O–H groups in total. The minimum absolute atomic E-state index is 0.157. The zero-order valence-corrected chi connectivity index (χ0v) is 16.2.